The van der Waals surface area contributed by atoms with E-state index < -0.39 is 0 Å². The quantitative estimate of drug-likeness (QED) is 0.839. The monoisotopic (exact) mass is 248 g/mol. The molecule has 5 heteroatoms. The number of carbonyl (C=O) groups is 1. The molecule has 1 heterocycles. The zero-order valence-electron chi connectivity index (χ0n) is 10.9. The summed E-state index contributed by atoms with van der Waals surface area (Å²) in [6.45, 7) is 0. The first kappa shape index (κ1) is 12.8. The van der Waals surface area contributed by atoms with E-state index in [0.29, 0.717) is 11.6 Å². The van der Waals surface area contributed by atoms with Crippen molar-refractivity contribution < 1.29 is 4.79 Å². The van der Waals surface area contributed by atoms with Gasteiger partial charge in [0.2, 0.25) is 0 Å². The van der Waals surface area contributed by atoms with Crippen LogP contribution in [0.4, 0.5) is 5.82 Å². The largest absolute Gasteiger partial charge is 0.366 e. The fraction of sp³-hybridized carbons (Fsp3) is 0.538. The smallest absolute Gasteiger partial charge is 0.254 e. The van der Waals surface area contributed by atoms with Gasteiger partial charge >= 0.3 is 0 Å². The molecule has 2 atom stereocenters. The number of hydrogen-bond acceptors (Lipinski definition) is 4. The van der Waals surface area contributed by atoms with Crippen LogP contribution in [0.2, 0.25) is 0 Å². The molecule has 18 heavy (non-hydrogen) atoms. The average Bonchev–Trinajstić information content (AvgIpc) is 2.75. The lowest BCUT2D eigenvalue weighted by Gasteiger charge is -2.18. The highest BCUT2D eigenvalue weighted by atomic mass is 16.2. The van der Waals surface area contributed by atoms with E-state index in [0.717, 1.165) is 25.1 Å². The zero-order chi connectivity index (χ0) is 13.1. The van der Waals surface area contributed by atoms with Crippen LogP contribution in [0.25, 0.3) is 0 Å². The molecular formula is C13H20N4O. The predicted octanol–water partition coefficient (Wildman–Crippen LogP) is 1.08. The number of hydrogen-bond donors (Lipinski definition) is 2. The van der Waals surface area contributed by atoms with Crippen molar-refractivity contribution >= 4 is 11.7 Å². The predicted molar refractivity (Wildman–Crippen MR) is 71.5 cm³/mol. The summed E-state index contributed by atoms with van der Waals surface area (Å²) in [5.74, 6) is 0.749. The second kappa shape index (κ2) is 5.35. The first-order valence-electron chi connectivity index (χ1n) is 6.28. The summed E-state index contributed by atoms with van der Waals surface area (Å²) in [5.41, 5.74) is 6.59. The Balaban J connectivity index is 2.01. The van der Waals surface area contributed by atoms with Crippen LogP contribution in [-0.2, 0) is 0 Å². The number of rotatable bonds is 3. The van der Waals surface area contributed by atoms with Gasteiger partial charge in [-0.25, -0.2) is 4.98 Å². The van der Waals surface area contributed by atoms with Crippen LogP contribution in [0.5, 0.6) is 0 Å². The summed E-state index contributed by atoms with van der Waals surface area (Å²) in [7, 11) is 3.46. The molecule has 0 aliphatic heterocycles. The molecule has 1 amide bonds. The Kier molecular flexibility index (Phi) is 3.81. The molecule has 0 spiro atoms. The van der Waals surface area contributed by atoms with E-state index in [9.17, 15) is 4.79 Å². The maximum atomic E-state index is 11.7. The molecule has 1 aromatic rings. The Morgan fingerprint density at radius 3 is 2.72 bits per heavy atom. The fourth-order valence-corrected chi connectivity index (χ4v) is 2.22. The summed E-state index contributed by atoms with van der Waals surface area (Å²) in [5, 5.41) is 3.32. The summed E-state index contributed by atoms with van der Waals surface area (Å²) in [4.78, 5) is 17.5. The van der Waals surface area contributed by atoms with E-state index in [2.05, 4.69) is 10.3 Å². The van der Waals surface area contributed by atoms with Gasteiger partial charge in [-0.1, -0.05) is 0 Å². The van der Waals surface area contributed by atoms with Gasteiger partial charge in [0.1, 0.15) is 5.82 Å². The van der Waals surface area contributed by atoms with Crippen LogP contribution < -0.4 is 11.1 Å². The van der Waals surface area contributed by atoms with Gasteiger partial charge in [-0.3, -0.25) is 4.79 Å². The fourth-order valence-electron chi connectivity index (χ4n) is 2.22. The van der Waals surface area contributed by atoms with E-state index in [1.165, 1.54) is 4.90 Å². The Hall–Kier alpha value is -1.62. The van der Waals surface area contributed by atoms with Gasteiger partial charge in [0.25, 0.3) is 5.91 Å². The van der Waals surface area contributed by atoms with Crippen molar-refractivity contribution in [1.82, 2.24) is 9.88 Å². The number of nitrogens with one attached hydrogen (secondary N) is 1. The number of nitrogens with zero attached hydrogens (tertiary/aromatic N) is 2. The molecule has 1 aliphatic carbocycles. The Labute approximate surface area is 107 Å². The molecule has 1 fully saturated rings. The number of anilines is 1. The number of nitrogens with two attached hydrogens (primary N) is 1. The molecule has 2 unspecified atom stereocenters. The molecule has 1 aliphatic rings. The van der Waals surface area contributed by atoms with Crippen LogP contribution in [0.1, 0.15) is 29.6 Å². The van der Waals surface area contributed by atoms with Crippen LogP contribution in [0.3, 0.4) is 0 Å². The molecule has 0 saturated heterocycles. The maximum absolute atomic E-state index is 11.7. The molecule has 0 radical (unpaired) electrons. The number of amides is 1. The molecule has 2 rings (SSSR count). The van der Waals surface area contributed by atoms with E-state index in [1.54, 1.807) is 26.4 Å². The van der Waals surface area contributed by atoms with E-state index >= 15 is 0 Å². The van der Waals surface area contributed by atoms with E-state index in [-0.39, 0.29) is 11.9 Å². The van der Waals surface area contributed by atoms with Crippen molar-refractivity contribution in [1.29, 1.82) is 0 Å². The van der Waals surface area contributed by atoms with Gasteiger partial charge in [-0.2, -0.15) is 0 Å². The Bertz CT molecular complexity index is 416. The lowest BCUT2D eigenvalue weighted by Crippen LogP contribution is -2.35. The first-order chi connectivity index (χ1) is 8.58. The summed E-state index contributed by atoms with van der Waals surface area (Å²) >= 11 is 0. The van der Waals surface area contributed by atoms with Crippen molar-refractivity contribution in [2.45, 2.75) is 31.3 Å². The van der Waals surface area contributed by atoms with Crippen LogP contribution in [-0.4, -0.2) is 42.0 Å². The standard InChI is InChI=1S/C13H20N4O/c1-17(2)13(18)9-6-7-12(15-8-9)16-11-5-3-4-10(11)14/h6-8,10-11H,3-5,14H2,1-2H3,(H,15,16). The first-order valence-corrected chi connectivity index (χ1v) is 6.28. The average molecular weight is 248 g/mol. The second-order valence-corrected chi connectivity index (χ2v) is 4.98. The molecule has 5 nitrogen and oxygen atoms in total. The zero-order valence-corrected chi connectivity index (χ0v) is 10.9. The van der Waals surface area contributed by atoms with Crippen LogP contribution in [0.15, 0.2) is 18.3 Å². The third-order valence-electron chi connectivity index (χ3n) is 3.32. The molecule has 3 N–H and O–H groups in total. The highest BCUT2D eigenvalue weighted by Gasteiger charge is 2.23. The molecule has 1 aromatic heterocycles. The minimum atomic E-state index is -0.0355. The second-order valence-electron chi connectivity index (χ2n) is 4.98. The minimum absolute atomic E-state index is 0.0355. The van der Waals surface area contributed by atoms with Gasteiger partial charge in [-0.15, -0.1) is 0 Å². The third kappa shape index (κ3) is 2.79. The number of pyridine rings is 1. The lowest BCUT2D eigenvalue weighted by atomic mass is 10.2. The van der Waals surface area contributed by atoms with Crippen LogP contribution >= 0.6 is 0 Å². The van der Waals surface area contributed by atoms with E-state index in [4.69, 9.17) is 5.73 Å². The molecule has 1 saturated carbocycles. The summed E-state index contributed by atoms with van der Waals surface area (Å²) < 4.78 is 0. The van der Waals surface area contributed by atoms with Gasteiger partial charge < -0.3 is 16.0 Å². The van der Waals surface area contributed by atoms with Crippen molar-refractivity contribution in [3.05, 3.63) is 23.9 Å². The third-order valence-corrected chi connectivity index (χ3v) is 3.32. The lowest BCUT2D eigenvalue weighted by molar-refractivity contribution is 0.0827. The molecule has 0 bridgehead atoms. The maximum Gasteiger partial charge on any atom is 0.254 e. The topological polar surface area (TPSA) is 71.2 Å². The summed E-state index contributed by atoms with van der Waals surface area (Å²) in [6, 6.07) is 4.13. The number of aromatic nitrogens is 1. The van der Waals surface area contributed by atoms with Crippen molar-refractivity contribution in [3.63, 3.8) is 0 Å². The van der Waals surface area contributed by atoms with Gasteiger partial charge in [0, 0.05) is 32.4 Å². The van der Waals surface area contributed by atoms with Gasteiger partial charge in [-0.05, 0) is 31.4 Å². The normalized spacial score (nSPS) is 22.8. The Morgan fingerprint density at radius 2 is 2.22 bits per heavy atom. The summed E-state index contributed by atoms with van der Waals surface area (Å²) in [6.07, 6.45) is 4.91. The van der Waals surface area contributed by atoms with Gasteiger partial charge in [0.15, 0.2) is 0 Å². The molecular weight excluding hydrogens is 228 g/mol. The highest BCUT2D eigenvalue weighted by Crippen LogP contribution is 2.20. The van der Waals surface area contributed by atoms with Crippen molar-refractivity contribution in [2.24, 2.45) is 5.73 Å². The van der Waals surface area contributed by atoms with Crippen molar-refractivity contribution in [2.75, 3.05) is 19.4 Å². The van der Waals surface area contributed by atoms with E-state index in [1.807, 2.05) is 6.07 Å². The van der Waals surface area contributed by atoms with Crippen LogP contribution in [0, 0.1) is 0 Å². The molecule has 98 valence electrons. The Morgan fingerprint density at radius 1 is 1.44 bits per heavy atom. The SMILES string of the molecule is CN(C)C(=O)c1ccc(NC2CCCC2N)nc1. The molecule has 0 aromatic carbocycles. The minimum Gasteiger partial charge on any atom is -0.366 e. The number of carbonyl (C=O) groups excluding carboxylic acids is 1. The van der Waals surface area contributed by atoms with Crippen molar-refractivity contribution in [3.8, 4) is 0 Å². The highest BCUT2D eigenvalue weighted by molar-refractivity contribution is 5.93. The van der Waals surface area contributed by atoms with Gasteiger partial charge in [0.05, 0.1) is 5.56 Å².